The van der Waals surface area contributed by atoms with E-state index in [4.69, 9.17) is 0 Å². The van der Waals surface area contributed by atoms with Crippen molar-refractivity contribution in [3.8, 4) is 11.5 Å². The second-order valence-electron chi connectivity index (χ2n) is 5.88. The molecule has 0 aliphatic heterocycles. The van der Waals surface area contributed by atoms with Gasteiger partial charge in [0.25, 0.3) is 0 Å². The van der Waals surface area contributed by atoms with Crippen LogP contribution in [0.4, 0.5) is 24.5 Å². The molecular weight excluding hydrogens is 373 g/mol. The highest BCUT2D eigenvalue weighted by molar-refractivity contribution is 5.58. The summed E-state index contributed by atoms with van der Waals surface area (Å²) in [5.41, 5.74) is -3.08. The fraction of sp³-hybridized carbons (Fsp3) is 0.250. The summed E-state index contributed by atoms with van der Waals surface area (Å²) >= 11 is 0. The molecule has 0 fully saturated rings. The standard InChI is InChI=1S/C16H13F3N2O6/c1-7-3-13(22)11(20(24)25)5-9(7)15(16(17,18)19)10-6-12(21(26)27)14(23)4-8(10)2/h3-6,15,22-23H,1-2H3. The van der Waals surface area contributed by atoms with Gasteiger partial charge in [0.15, 0.2) is 11.5 Å². The van der Waals surface area contributed by atoms with Crippen molar-refractivity contribution in [3.05, 3.63) is 66.7 Å². The van der Waals surface area contributed by atoms with Gasteiger partial charge in [-0.3, -0.25) is 20.2 Å². The fourth-order valence-corrected chi connectivity index (χ4v) is 2.83. The lowest BCUT2D eigenvalue weighted by atomic mass is 9.84. The van der Waals surface area contributed by atoms with E-state index in [0.717, 1.165) is 12.1 Å². The van der Waals surface area contributed by atoms with Crippen LogP contribution in [-0.4, -0.2) is 26.2 Å². The van der Waals surface area contributed by atoms with Crippen LogP contribution in [0, 0.1) is 34.1 Å². The zero-order valence-electron chi connectivity index (χ0n) is 13.9. The van der Waals surface area contributed by atoms with Gasteiger partial charge in [0.05, 0.1) is 9.85 Å². The Labute approximate surface area is 149 Å². The topological polar surface area (TPSA) is 127 Å². The summed E-state index contributed by atoms with van der Waals surface area (Å²) in [7, 11) is 0. The lowest BCUT2D eigenvalue weighted by Gasteiger charge is -2.24. The van der Waals surface area contributed by atoms with Crippen LogP contribution in [0.1, 0.15) is 28.2 Å². The van der Waals surface area contributed by atoms with Crippen LogP contribution in [-0.2, 0) is 0 Å². The quantitative estimate of drug-likeness (QED) is 0.598. The predicted molar refractivity (Wildman–Crippen MR) is 86.9 cm³/mol. The van der Waals surface area contributed by atoms with Crippen molar-refractivity contribution < 1.29 is 33.2 Å². The zero-order chi connectivity index (χ0) is 20.7. The molecule has 0 saturated heterocycles. The Morgan fingerprint density at radius 1 is 0.852 bits per heavy atom. The molecule has 11 heteroatoms. The fourth-order valence-electron chi connectivity index (χ4n) is 2.83. The first kappa shape index (κ1) is 19.9. The molecule has 0 atom stereocenters. The van der Waals surface area contributed by atoms with Gasteiger partial charge in [-0.1, -0.05) is 0 Å². The molecule has 0 aromatic heterocycles. The molecule has 0 bridgehead atoms. The first-order valence-electron chi connectivity index (χ1n) is 7.37. The number of phenolic OH excluding ortho intramolecular Hbond substituents is 2. The minimum Gasteiger partial charge on any atom is -0.502 e. The molecule has 144 valence electrons. The van der Waals surface area contributed by atoms with Gasteiger partial charge < -0.3 is 10.2 Å². The molecule has 0 saturated carbocycles. The van der Waals surface area contributed by atoms with E-state index in [1.807, 2.05) is 0 Å². The van der Waals surface area contributed by atoms with Crippen molar-refractivity contribution in [3.63, 3.8) is 0 Å². The number of nitro benzene ring substituents is 2. The van der Waals surface area contributed by atoms with Crippen molar-refractivity contribution in [1.29, 1.82) is 0 Å². The van der Waals surface area contributed by atoms with Crippen LogP contribution >= 0.6 is 0 Å². The molecular formula is C16H13F3N2O6. The summed E-state index contributed by atoms with van der Waals surface area (Å²) < 4.78 is 41.6. The minimum absolute atomic E-state index is 0.0875. The highest BCUT2D eigenvalue weighted by Crippen LogP contribution is 2.46. The molecule has 27 heavy (non-hydrogen) atoms. The number of hydrogen-bond acceptors (Lipinski definition) is 6. The van der Waals surface area contributed by atoms with E-state index in [9.17, 15) is 43.6 Å². The average molecular weight is 386 g/mol. The third kappa shape index (κ3) is 3.76. The number of nitrogens with zero attached hydrogens (tertiary/aromatic N) is 2. The van der Waals surface area contributed by atoms with E-state index in [1.165, 1.54) is 13.8 Å². The summed E-state index contributed by atoms with van der Waals surface area (Å²) in [5, 5.41) is 41.2. The molecule has 0 aliphatic carbocycles. The maximum absolute atomic E-state index is 13.9. The van der Waals surface area contributed by atoms with Gasteiger partial charge in [-0.05, 0) is 48.2 Å². The molecule has 2 aromatic rings. The number of hydrogen-bond donors (Lipinski definition) is 2. The van der Waals surface area contributed by atoms with E-state index >= 15 is 0 Å². The van der Waals surface area contributed by atoms with Crippen LogP contribution in [0.2, 0.25) is 0 Å². The third-order valence-electron chi connectivity index (χ3n) is 4.07. The Morgan fingerprint density at radius 2 is 1.19 bits per heavy atom. The minimum atomic E-state index is -4.95. The monoisotopic (exact) mass is 386 g/mol. The van der Waals surface area contributed by atoms with Crippen LogP contribution < -0.4 is 0 Å². The Hall–Kier alpha value is -3.37. The van der Waals surface area contributed by atoms with Gasteiger partial charge in [-0.25, -0.2) is 0 Å². The second kappa shape index (κ2) is 6.74. The molecule has 0 radical (unpaired) electrons. The molecule has 0 amide bonds. The van der Waals surface area contributed by atoms with E-state index < -0.39 is 55.9 Å². The summed E-state index contributed by atoms with van der Waals surface area (Å²) in [6.45, 7) is 2.45. The van der Waals surface area contributed by atoms with E-state index in [-0.39, 0.29) is 11.1 Å². The van der Waals surface area contributed by atoms with Crippen molar-refractivity contribution in [2.45, 2.75) is 25.9 Å². The van der Waals surface area contributed by atoms with Crippen LogP contribution in [0.3, 0.4) is 0 Å². The largest absolute Gasteiger partial charge is 0.502 e. The molecule has 2 aromatic carbocycles. The number of phenols is 2. The summed E-state index contributed by atoms with van der Waals surface area (Å²) in [4.78, 5) is 19.9. The van der Waals surface area contributed by atoms with E-state index in [1.54, 1.807) is 0 Å². The maximum atomic E-state index is 13.9. The predicted octanol–water partition coefficient (Wildman–Crippen LogP) is 4.23. The summed E-state index contributed by atoms with van der Waals surface area (Å²) in [6, 6.07) is 2.86. The number of aromatic hydroxyl groups is 2. The molecule has 8 nitrogen and oxygen atoms in total. The first-order chi connectivity index (χ1) is 12.3. The lowest BCUT2D eigenvalue weighted by Crippen LogP contribution is -2.24. The smallest absolute Gasteiger partial charge is 0.399 e. The van der Waals surface area contributed by atoms with Crippen LogP contribution in [0.15, 0.2) is 24.3 Å². The summed E-state index contributed by atoms with van der Waals surface area (Å²) in [6.07, 6.45) is -4.95. The Balaban J connectivity index is 2.84. The van der Waals surface area contributed by atoms with Gasteiger partial charge in [-0.15, -0.1) is 0 Å². The second-order valence-corrected chi connectivity index (χ2v) is 5.88. The number of halogens is 3. The molecule has 0 unspecified atom stereocenters. The molecule has 2 N–H and O–H groups in total. The lowest BCUT2D eigenvalue weighted by molar-refractivity contribution is -0.386. The first-order valence-corrected chi connectivity index (χ1v) is 7.37. The van der Waals surface area contributed by atoms with Gasteiger partial charge >= 0.3 is 17.6 Å². The van der Waals surface area contributed by atoms with Crippen LogP contribution in [0.25, 0.3) is 0 Å². The Kier molecular flexibility index (Phi) is 4.98. The highest BCUT2D eigenvalue weighted by Gasteiger charge is 2.45. The number of nitro groups is 2. The number of aryl methyl sites for hydroxylation is 2. The van der Waals surface area contributed by atoms with Crippen molar-refractivity contribution >= 4 is 11.4 Å². The van der Waals surface area contributed by atoms with E-state index in [0.29, 0.717) is 12.1 Å². The Morgan fingerprint density at radius 3 is 1.44 bits per heavy atom. The van der Waals surface area contributed by atoms with Gasteiger partial charge in [-0.2, -0.15) is 13.2 Å². The average Bonchev–Trinajstić information content (AvgIpc) is 2.49. The van der Waals surface area contributed by atoms with E-state index in [2.05, 4.69) is 0 Å². The molecule has 0 heterocycles. The third-order valence-corrected chi connectivity index (χ3v) is 4.07. The van der Waals surface area contributed by atoms with Crippen LogP contribution in [0.5, 0.6) is 11.5 Å². The normalized spacial score (nSPS) is 11.6. The molecule has 0 spiro atoms. The summed E-state index contributed by atoms with van der Waals surface area (Å²) in [5.74, 6) is -4.03. The van der Waals surface area contributed by atoms with Gasteiger partial charge in [0, 0.05) is 12.1 Å². The highest BCUT2D eigenvalue weighted by atomic mass is 19.4. The number of alkyl halides is 3. The zero-order valence-corrected chi connectivity index (χ0v) is 13.9. The van der Waals surface area contributed by atoms with Crippen molar-refractivity contribution in [2.24, 2.45) is 0 Å². The molecule has 2 rings (SSSR count). The number of rotatable bonds is 4. The maximum Gasteiger partial charge on any atom is 0.399 e. The van der Waals surface area contributed by atoms with Crippen molar-refractivity contribution in [2.75, 3.05) is 0 Å². The Bertz CT molecular complexity index is 873. The van der Waals surface area contributed by atoms with Gasteiger partial charge in [0.2, 0.25) is 0 Å². The van der Waals surface area contributed by atoms with Gasteiger partial charge in [0.1, 0.15) is 5.92 Å². The number of benzene rings is 2. The molecule has 0 aliphatic rings. The SMILES string of the molecule is Cc1cc(O)c([N+](=O)[O-])cc1C(c1cc([N+](=O)[O-])c(O)cc1C)C(F)(F)F. The van der Waals surface area contributed by atoms with Crippen molar-refractivity contribution in [1.82, 2.24) is 0 Å².